The number of carbonyl (C=O) groups excluding carboxylic acids is 1. The molecule has 0 spiro atoms. The van der Waals surface area contributed by atoms with Crippen LogP contribution in [0.25, 0.3) is 5.57 Å². The van der Waals surface area contributed by atoms with Gasteiger partial charge in [0.2, 0.25) is 5.82 Å². The van der Waals surface area contributed by atoms with Crippen molar-refractivity contribution in [2.75, 3.05) is 7.11 Å². The fourth-order valence-corrected chi connectivity index (χ4v) is 3.91. The molecule has 1 aromatic rings. The van der Waals surface area contributed by atoms with Crippen molar-refractivity contribution in [2.24, 2.45) is 11.8 Å². The Morgan fingerprint density at radius 2 is 2.00 bits per heavy atom. The van der Waals surface area contributed by atoms with E-state index in [2.05, 4.69) is 25.0 Å². The summed E-state index contributed by atoms with van der Waals surface area (Å²) >= 11 is 0. The third-order valence-corrected chi connectivity index (χ3v) is 5.76. The van der Waals surface area contributed by atoms with E-state index in [1.54, 1.807) is 25.2 Å². The predicted molar refractivity (Wildman–Crippen MR) is 134 cm³/mol. The molecule has 2 nitrogen and oxygen atoms in total. The molecule has 3 rings (SSSR count). The molecule has 34 heavy (non-hydrogen) atoms. The number of aldehydes is 1. The Hall–Kier alpha value is -3.75. The van der Waals surface area contributed by atoms with E-state index in [1.165, 1.54) is 19.2 Å². The molecule has 2 aliphatic carbocycles. The summed E-state index contributed by atoms with van der Waals surface area (Å²) in [6.45, 7) is 11.9. The van der Waals surface area contributed by atoms with Crippen molar-refractivity contribution in [1.29, 1.82) is 0 Å². The Morgan fingerprint density at radius 3 is 2.65 bits per heavy atom. The summed E-state index contributed by atoms with van der Waals surface area (Å²) in [7, 11) is 1.29. The molecule has 2 unspecified atom stereocenters. The smallest absolute Gasteiger partial charge is 0.201 e. The van der Waals surface area contributed by atoms with E-state index in [4.69, 9.17) is 4.74 Å². The largest absolute Gasteiger partial charge is 0.494 e. The molecular formula is C30H28F2O2. The molecule has 0 saturated carbocycles. The first-order valence-corrected chi connectivity index (χ1v) is 11.0. The Kier molecular flexibility index (Phi) is 7.99. The van der Waals surface area contributed by atoms with E-state index < -0.39 is 11.6 Å². The average Bonchev–Trinajstić information content (AvgIpc) is 2.79. The quantitative estimate of drug-likeness (QED) is 0.242. The second kappa shape index (κ2) is 10.9. The van der Waals surface area contributed by atoms with Crippen LogP contribution in [-0.4, -0.2) is 13.4 Å². The number of allylic oxidation sites excluding steroid dienone is 13. The number of ether oxygens (including phenoxy) is 1. The lowest BCUT2D eigenvalue weighted by atomic mass is 9.85. The first-order chi connectivity index (χ1) is 16.2. The zero-order valence-corrected chi connectivity index (χ0v) is 19.7. The van der Waals surface area contributed by atoms with Crippen LogP contribution in [0.4, 0.5) is 8.78 Å². The van der Waals surface area contributed by atoms with Gasteiger partial charge in [0.05, 0.1) is 7.11 Å². The highest BCUT2D eigenvalue weighted by Crippen LogP contribution is 2.34. The summed E-state index contributed by atoms with van der Waals surface area (Å²) < 4.78 is 34.4. The molecule has 4 heteroatoms. The molecule has 2 aliphatic rings. The van der Waals surface area contributed by atoms with Crippen LogP contribution in [0.3, 0.4) is 0 Å². The standard InChI is InChI=1S/C30H28F2O2/c1-19(2)14-27(26-12-13-28(34-5)30(32)29(26)31)24-9-7-6-8-23(21(4)16-24)17-22-10-11-25(18-33)20(3)15-22/h6-7,9-16,18,20,25H,1,4,17H2,2-3,5H3/b9-7?,24-16?,27-14+. The molecule has 0 heterocycles. The van der Waals surface area contributed by atoms with Gasteiger partial charge in [-0.1, -0.05) is 62.1 Å². The highest BCUT2D eigenvalue weighted by molar-refractivity contribution is 5.85. The first-order valence-electron chi connectivity index (χ1n) is 11.0. The average molecular weight is 459 g/mol. The van der Waals surface area contributed by atoms with Crippen molar-refractivity contribution in [1.82, 2.24) is 0 Å². The maximum atomic E-state index is 15.0. The van der Waals surface area contributed by atoms with Gasteiger partial charge < -0.3 is 9.53 Å². The molecule has 0 saturated heterocycles. The monoisotopic (exact) mass is 458 g/mol. The van der Waals surface area contributed by atoms with Crippen LogP contribution in [0.15, 0.2) is 107 Å². The van der Waals surface area contributed by atoms with Crippen molar-refractivity contribution < 1.29 is 18.3 Å². The van der Waals surface area contributed by atoms with Crippen LogP contribution >= 0.6 is 0 Å². The molecule has 2 atom stereocenters. The van der Waals surface area contributed by atoms with Crippen molar-refractivity contribution >= 4 is 11.9 Å². The van der Waals surface area contributed by atoms with E-state index in [0.717, 1.165) is 17.4 Å². The molecule has 0 fully saturated rings. The van der Waals surface area contributed by atoms with E-state index in [1.807, 2.05) is 31.2 Å². The minimum absolute atomic E-state index is 0.103. The molecule has 0 aromatic heterocycles. The number of halogens is 2. The molecule has 0 amide bonds. The van der Waals surface area contributed by atoms with E-state index in [0.29, 0.717) is 28.7 Å². The number of carbonyl (C=O) groups is 1. The highest BCUT2D eigenvalue weighted by atomic mass is 19.2. The van der Waals surface area contributed by atoms with Crippen molar-refractivity contribution in [3.8, 4) is 5.75 Å². The Bertz CT molecular complexity index is 1240. The Labute approximate surface area is 200 Å². The van der Waals surface area contributed by atoms with Crippen molar-refractivity contribution in [3.63, 3.8) is 0 Å². The second-order valence-corrected chi connectivity index (χ2v) is 8.47. The van der Waals surface area contributed by atoms with Crippen LogP contribution in [0, 0.1) is 23.5 Å². The number of methoxy groups -OCH3 is 1. The van der Waals surface area contributed by atoms with Gasteiger partial charge in [-0.2, -0.15) is 4.39 Å². The van der Waals surface area contributed by atoms with E-state index >= 15 is 4.39 Å². The normalized spacial score (nSPS) is 20.2. The molecule has 0 radical (unpaired) electrons. The van der Waals surface area contributed by atoms with Crippen LogP contribution < -0.4 is 4.74 Å². The fraction of sp³-hybridized carbons (Fsp3) is 0.200. The zero-order valence-electron chi connectivity index (χ0n) is 19.7. The van der Waals surface area contributed by atoms with Crippen LogP contribution in [0.5, 0.6) is 5.75 Å². The summed E-state index contributed by atoms with van der Waals surface area (Å²) in [6, 6.07) is 2.90. The van der Waals surface area contributed by atoms with Gasteiger partial charge in [0.15, 0.2) is 11.6 Å². The summed E-state index contributed by atoms with van der Waals surface area (Å²) in [6.07, 6.45) is 16.5. The topological polar surface area (TPSA) is 26.3 Å². The van der Waals surface area contributed by atoms with Crippen molar-refractivity contribution in [2.45, 2.75) is 20.3 Å². The van der Waals surface area contributed by atoms with Gasteiger partial charge in [0, 0.05) is 23.5 Å². The SMILES string of the molecule is C=C(C)/C=C(\C1=CC(=C)C(CC2=CC(C)C(C=O)C=C2)=C=CC=C1)c1ccc(OC)c(F)c1F. The summed E-state index contributed by atoms with van der Waals surface area (Å²) in [5.74, 6) is -2.18. The number of rotatable bonds is 7. The second-order valence-electron chi connectivity index (χ2n) is 8.47. The maximum absolute atomic E-state index is 15.0. The van der Waals surface area contributed by atoms with Crippen LogP contribution in [0.1, 0.15) is 25.8 Å². The van der Waals surface area contributed by atoms with Gasteiger partial charge in [-0.15, -0.1) is 5.73 Å². The zero-order chi connectivity index (χ0) is 24.8. The Balaban J connectivity index is 1.99. The summed E-state index contributed by atoms with van der Waals surface area (Å²) in [5.41, 5.74) is 7.85. The summed E-state index contributed by atoms with van der Waals surface area (Å²) in [5, 5.41) is 0. The van der Waals surface area contributed by atoms with Gasteiger partial charge >= 0.3 is 0 Å². The first kappa shape index (κ1) is 24.9. The van der Waals surface area contributed by atoms with E-state index in [9.17, 15) is 9.18 Å². The van der Waals surface area contributed by atoms with Gasteiger partial charge in [-0.3, -0.25) is 0 Å². The maximum Gasteiger partial charge on any atom is 0.201 e. The number of benzene rings is 1. The third kappa shape index (κ3) is 5.59. The van der Waals surface area contributed by atoms with E-state index in [-0.39, 0.29) is 23.1 Å². The van der Waals surface area contributed by atoms with Crippen molar-refractivity contribution in [3.05, 3.63) is 125 Å². The summed E-state index contributed by atoms with van der Waals surface area (Å²) in [4.78, 5) is 11.2. The van der Waals surface area contributed by atoms with Gasteiger partial charge in [-0.05, 0) is 59.4 Å². The van der Waals surface area contributed by atoms with Crippen LogP contribution in [-0.2, 0) is 4.79 Å². The highest BCUT2D eigenvalue weighted by Gasteiger charge is 2.20. The molecular weight excluding hydrogens is 430 g/mol. The lowest BCUT2D eigenvalue weighted by Crippen LogP contribution is -2.12. The molecule has 0 N–H and O–H groups in total. The molecule has 0 bridgehead atoms. The lowest BCUT2D eigenvalue weighted by Gasteiger charge is -2.19. The fourth-order valence-electron chi connectivity index (χ4n) is 3.91. The van der Waals surface area contributed by atoms with Gasteiger partial charge in [0.25, 0.3) is 0 Å². The minimum Gasteiger partial charge on any atom is -0.494 e. The lowest BCUT2D eigenvalue weighted by molar-refractivity contribution is -0.110. The molecule has 174 valence electrons. The van der Waals surface area contributed by atoms with Crippen LogP contribution in [0.2, 0.25) is 0 Å². The predicted octanol–water partition coefficient (Wildman–Crippen LogP) is 7.40. The molecule has 0 aliphatic heterocycles. The van der Waals surface area contributed by atoms with Gasteiger partial charge in [0.1, 0.15) is 6.29 Å². The number of hydrogen-bond donors (Lipinski definition) is 0. The number of hydrogen-bond acceptors (Lipinski definition) is 2. The van der Waals surface area contributed by atoms with Gasteiger partial charge in [-0.25, -0.2) is 4.39 Å². The minimum atomic E-state index is -1.04. The third-order valence-electron chi connectivity index (χ3n) is 5.76. The Morgan fingerprint density at radius 1 is 1.24 bits per heavy atom. The molecule has 1 aromatic carbocycles.